The molecule has 2 aromatic rings. The molecule has 7 heteroatoms. The number of aryl methyl sites for hydroxylation is 2. The van der Waals surface area contributed by atoms with Crippen LogP contribution in [0.4, 0.5) is 5.13 Å². The van der Waals surface area contributed by atoms with Crippen molar-refractivity contribution in [2.24, 2.45) is 0 Å². The molecule has 18 heavy (non-hydrogen) atoms. The third kappa shape index (κ3) is 2.62. The molecule has 0 fully saturated rings. The van der Waals surface area contributed by atoms with Crippen LogP contribution in [0.2, 0.25) is 0 Å². The third-order valence-electron chi connectivity index (χ3n) is 2.45. The van der Waals surface area contributed by atoms with Gasteiger partial charge in [-0.25, -0.2) is 15.0 Å². The summed E-state index contributed by atoms with van der Waals surface area (Å²) in [6.07, 6.45) is 1.45. The zero-order valence-electron chi connectivity index (χ0n) is 10.1. The quantitative estimate of drug-likeness (QED) is 0.863. The maximum Gasteiger partial charge on any atom is 0.255 e. The minimum Gasteiger partial charge on any atom is -0.375 e. The number of aromatic nitrogens is 3. The Labute approximate surface area is 108 Å². The lowest BCUT2D eigenvalue weighted by molar-refractivity contribution is 0.0948. The summed E-state index contributed by atoms with van der Waals surface area (Å²) in [7, 11) is 0. The Kier molecular flexibility index (Phi) is 3.52. The van der Waals surface area contributed by atoms with Gasteiger partial charge >= 0.3 is 0 Å². The molecule has 2 rings (SSSR count). The average molecular weight is 263 g/mol. The van der Waals surface area contributed by atoms with E-state index in [0.29, 0.717) is 28.6 Å². The summed E-state index contributed by atoms with van der Waals surface area (Å²) in [5, 5.41) is 5.09. The molecule has 1 amide bonds. The van der Waals surface area contributed by atoms with E-state index in [1.807, 2.05) is 5.38 Å². The molecule has 0 aliphatic heterocycles. The van der Waals surface area contributed by atoms with Gasteiger partial charge in [0.2, 0.25) is 0 Å². The van der Waals surface area contributed by atoms with Gasteiger partial charge in [0.1, 0.15) is 6.33 Å². The Balaban J connectivity index is 2.08. The molecular weight excluding hydrogens is 250 g/mol. The van der Waals surface area contributed by atoms with Crippen LogP contribution in [0, 0.1) is 13.8 Å². The highest BCUT2D eigenvalue weighted by molar-refractivity contribution is 7.13. The molecule has 0 bridgehead atoms. The number of nitrogens with zero attached hydrogens (tertiary/aromatic N) is 3. The van der Waals surface area contributed by atoms with Gasteiger partial charge in [-0.05, 0) is 13.8 Å². The van der Waals surface area contributed by atoms with E-state index in [2.05, 4.69) is 20.3 Å². The van der Waals surface area contributed by atoms with Crippen molar-refractivity contribution >= 4 is 22.4 Å². The number of rotatable bonds is 3. The normalized spacial score (nSPS) is 10.3. The van der Waals surface area contributed by atoms with Crippen LogP contribution in [-0.2, 0) is 6.54 Å². The Morgan fingerprint density at radius 1 is 1.39 bits per heavy atom. The molecule has 0 radical (unpaired) electrons. The van der Waals surface area contributed by atoms with Crippen molar-refractivity contribution in [2.45, 2.75) is 20.4 Å². The number of nitrogens with two attached hydrogens (primary N) is 1. The van der Waals surface area contributed by atoms with E-state index < -0.39 is 0 Å². The number of thiazole rings is 1. The number of nitrogen functional groups attached to an aromatic ring is 1. The largest absolute Gasteiger partial charge is 0.375 e. The predicted molar refractivity (Wildman–Crippen MR) is 69.2 cm³/mol. The first-order valence-electron chi connectivity index (χ1n) is 5.34. The molecule has 0 saturated carbocycles. The molecule has 2 heterocycles. The standard InChI is InChI=1S/C11H13N5OS/c1-6-9(7(2)15-5-14-6)10(17)13-3-8-4-18-11(12)16-8/h4-5H,3H2,1-2H3,(H2,12,16)(H,13,17). The lowest BCUT2D eigenvalue weighted by Crippen LogP contribution is -2.25. The molecule has 6 nitrogen and oxygen atoms in total. The minimum atomic E-state index is -0.197. The Morgan fingerprint density at radius 2 is 2.06 bits per heavy atom. The zero-order valence-corrected chi connectivity index (χ0v) is 10.9. The summed E-state index contributed by atoms with van der Waals surface area (Å²) in [6, 6.07) is 0. The number of hydrogen-bond donors (Lipinski definition) is 2. The van der Waals surface area contributed by atoms with Gasteiger partial charge < -0.3 is 11.1 Å². The summed E-state index contributed by atoms with van der Waals surface area (Å²) in [4.78, 5) is 24.1. The van der Waals surface area contributed by atoms with Crippen LogP contribution in [0.3, 0.4) is 0 Å². The number of carbonyl (C=O) groups is 1. The van der Waals surface area contributed by atoms with Crippen molar-refractivity contribution in [2.75, 3.05) is 5.73 Å². The van der Waals surface area contributed by atoms with Crippen LogP contribution in [0.5, 0.6) is 0 Å². The summed E-state index contributed by atoms with van der Waals surface area (Å²) < 4.78 is 0. The summed E-state index contributed by atoms with van der Waals surface area (Å²) in [5.41, 5.74) is 8.11. The van der Waals surface area contributed by atoms with Crippen molar-refractivity contribution < 1.29 is 4.79 Å². The number of nitrogens with one attached hydrogen (secondary N) is 1. The van der Waals surface area contributed by atoms with Gasteiger partial charge in [-0.2, -0.15) is 0 Å². The van der Waals surface area contributed by atoms with E-state index in [-0.39, 0.29) is 5.91 Å². The maximum absolute atomic E-state index is 12.0. The fourth-order valence-electron chi connectivity index (χ4n) is 1.58. The number of hydrogen-bond acceptors (Lipinski definition) is 6. The second kappa shape index (κ2) is 5.09. The Hall–Kier alpha value is -2.02. The molecule has 0 aliphatic carbocycles. The topological polar surface area (TPSA) is 93.8 Å². The van der Waals surface area contributed by atoms with Gasteiger partial charge in [-0.1, -0.05) is 0 Å². The van der Waals surface area contributed by atoms with E-state index in [9.17, 15) is 4.79 Å². The fourth-order valence-corrected chi connectivity index (χ4v) is 2.15. The summed E-state index contributed by atoms with van der Waals surface area (Å²) >= 11 is 1.35. The smallest absolute Gasteiger partial charge is 0.255 e. The monoisotopic (exact) mass is 263 g/mol. The van der Waals surface area contributed by atoms with Crippen LogP contribution >= 0.6 is 11.3 Å². The number of amides is 1. The van der Waals surface area contributed by atoms with Gasteiger partial charge in [-0.15, -0.1) is 11.3 Å². The zero-order chi connectivity index (χ0) is 13.1. The average Bonchev–Trinajstić information content (AvgIpc) is 2.72. The molecule has 0 spiro atoms. The van der Waals surface area contributed by atoms with Crippen molar-refractivity contribution in [3.05, 3.63) is 34.4 Å². The molecule has 0 atom stereocenters. The van der Waals surface area contributed by atoms with E-state index in [4.69, 9.17) is 5.73 Å². The van der Waals surface area contributed by atoms with E-state index in [0.717, 1.165) is 5.69 Å². The third-order valence-corrected chi connectivity index (χ3v) is 3.18. The van der Waals surface area contributed by atoms with Gasteiger partial charge in [0.15, 0.2) is 5.13 Å². The molecule has 0 unspecified atom stereocenters. The van der Waals surface area contributed by atoms with Crippen LogP contribution < -0.4 is 11.1 Å². The van der Waals surface area contributed by atoms with Crippen molar-refractivity contribution in [3.63, 3.8) is 0 Å². The molecule has 94 valence electrons. The Morgan fingerprint density at radius 3 is 2.61 bits per heavy atom. The molecule has 0 aromatic carbocycles. The first-order valence-corrected chi connectivity index (χ1v) is 6.22. The van der Waals surface area contributed by atoms with E-state index >= 15 is 0 Å². The minimum absolute atomic E-state index is 0.197. The van der Waals surface area contributed by atoms with Gasteiger partial charge in [0.25, 0.3) is 5.91 Å². The van der Waals surface area contributed by atoms with Crippen molar-refractivity contribution in [1.82, 2.24) is 20.3 Å². The molecular formula is C11H13N5OS. The second-order valence-electron chi connectivity index (χ2n) is 3.78. The predicted octanol–water partition coefficient (Wildman–Crippen LogP) is 1.06. The van der Waals surface area contributed by atoms with Gasteiger partial charge in [0, 0.05) is 5.38 Å². The number of carbonyl (C=O) groups excluding carboxylic acids is 1. The lowest BCUT2D eigenvalue weighted by Gasteiger charge is -2.07. The summed E-state index contributed by atoms with van der Waals surface area (Å²) in [6.45, 7) is 3.91. The van der Waals surface area contributed by atoms with E-state index in [1.165, 1.54) is 17.7 Å². The van der Waals surface area contributed by atoms with Crippen LogP contribution in [0.25, 0.3) is 0 Å². The Bertz CT molecular complexity index is 560. The molecule has 3 N–H and O–H groups in total. The van der Waals surface area contributed by atoms with Crippen LogP contribution in [0.1, 0.15) is 27.4 Å². The SMILES string of the molecule is Cc1ncnc(C)c1C(=O)NCc1csc(N)n1. The van der Waals surface area contributed by atoms with E-state index in [1.54, 1.807) is 13.8 Å². The molecule has 2 aromatic heterocycles. The van der Waals surface area contributed by atoms with Gasteiger partial charge in [0.05, 0.1) is 29.2 Å². The lowest BCUT2D eigenvalue weighted by atomic mass is 10.1. The van der Waals surface area contributed by atoms with Crippen molar-refractivity contribution in [3.8, 4) is 0 Å². The summed E-state index contributed by atoms with van der Waals surface area (Å²) in [5.74, 6) is -0.197. The first-order chi connectivity index (χ1) is 8.58. The fraction of sp³-hybridized carbons (Fsp3) is 0.273. The maximum atomic E-state index is 12.0. The second-order valence-corrected chi connectivity index (χ2v) is 4.67. The molecule has 0 saturated heterocycles. The molecule has 0 aliphatic rings. The van der Waals surface area contributed by atoms with Crippen LogP contribution in [0.15, 0.2) is 11.7 Å². The number of anilines is 1. The van der Waals surface area contributed by atoms with Crippen LogP contribution in [-0.4, -0.2) is 20.9 Å². The highest BCUT2D eigenvalue weighted by Crippen LogP contribution is 2.12. The first kappa shape index (κ1) is 12.4. The van der Waals surface area contributed by atoms with Crippen molar-refractivity contribution in [1.29, 1.82) is 0 Å². The highest BCUT2D eigenvalue weighted by atomic mass is 32.1. The highest BCUT2D eigenvalue weighted by Gasteiger charge is 2.13. The van der Waals surface area contributed by atoms with Gasteiger partial charge in [-0.3, -0.25) is 4.79 Å².